The van der Waals surface area contributed by atoms with Crippen molar-refractivity contribution >= 4 is 5.78 Å². The van der Waals surface area contributed by atoms with E-state index in [1.165, 1.54) is 12.8 Å². The molecule has 1 heterocycles. The van der Waals surface area contributed by atoms with Gasteiger partial charge in [0.15, 0.2) is 0 Å². The third-order valence-electron chi connectivity index (χ3n) is 12.1. The number of hydrogen-bond acceptors (Lipinski definition) is 27. The lowest BCUT2D eigenvalue weighted by Gasteiger charge is -2.09. The van der Waals surface area contributed by atoms with E-state index in [2.05, 4.69) is 24.2 Å². The van der Waals surface area contributed by atoms with Crippen molar-refractivity contribution in [3.8, 4) is 0 Å². The molecule has 0 spiro atoms. The van der Waals surface area contributed by atoms with Crippen molar-refractivity contribution in [3.05, 3.63) is 11.9 Å². The summed E-state index contributed by atoms with van der Waals surface area (Å²) < 4.78 is 135. The molecule has 0 unspecified atom stereocenters. The Balaban J connectivity index is 1.60. The van der Waals surface area contributed by atoms with Gasteiger partial charge in [0, 0.05) is 26.2 Å². The first-order chi connectivity index (χ1) is 45.1. The molecule has 0 radical (unpaired) electrons. The minimum absolute atomic E-state index is 0.128. The van der Waals surface area contributed by atoms with Crippen LogP contribution in [0.3, 0.4) is 0 Å². The molecule has 1 aromatic rings. The van der Waals surface area contributed by atoms with Crippen LogP contribution in [0.5, 0.6) is 0 Å². The number of ether oxygens (including phenoxy) is 24. The van der Waals surface area contributed by atoms with Gasteiger partial charge in [-0.1, -0.05) is 31.9 Å². The summed E-state index contributed by atoms with van der Waals surface area (Å²) in [4.78, 5) is 10.8. The van der Waals surface area contributed by atoms with E-state index in [4.69, 9.17) is 114 Å². The standard InChI is InChI=1S/C63H123N3O25/c1-61(2)9-5-6-11-66-59-63(64-65-66)60-91-58-57-90-56-55-89-54-53-88-52-51-87-50-49-86-48-47-85-46-45-84-44-43-83-42-41-82-40-39-81-38-37-80-36-35-79-34-33-78-32-31-77-30-29-76-28-27-75-26-25-74-24-22-72-19-16-69-13-8-4-7-12-68-15-18-71-21-23-73-20-17-70-14-10-62(3)67/h59,61H,4-58,60H2,1-3H3. The molecular formula is C63H123N3O25. The van der Waals surface area contributed by atoms with Crippen LogP contribution in [0.2, 0.25) is 0 Å². The Morgan fingerprint density at radius 1 is 0.297 bits per heavy atom. The molecular weight excluding hydrogens is 1200 g/mol. The largest absolute Gasteiger partial charge is 0.379 e. The summed E-state index contributed by atoms with van der Waals surface area (Å²) in [6.07, 6.45) is 8.98. The van der Waals surface area contributed by atoms with Crippen molar-refractivity contribution in [3.63, 3.8) is 0 Å². The van der Waals surface area contributed by atoms with Crippen LogP contribution in [-0.2, 0) is 132 Å². The third-order valence-corrected chi connectivity index (χ3v) is 12.1. The van der Waals surface area contributed by atoms with Gasteiger partial charge in [0.25, 0.3) is 0 Å². The molecule has 0 aliphatic carbocycles. The van der Waals surface area contributed by atoms with Crippen molar-refractivity contribution in [2.75, 3.05) is 311 Å². The van der Waals surface area contributed by atoms with Crippen molar-refractivity contribution in [1.82, 2.24) is 15.0 Å². The van der Waals surface area contributed by atoms with Crippen LogP contribution in [0, 0.1) is 5.92 Å². The number of aryl methyl sites for hydroxylation is 1. The summed E-state index contributed by atoms with van der Waals surface area (Å²) in [6.45, 7) is 31.1. The maximum atomic E-state index is 10.8. The van der Waals surface area contributed by atoms with Gasteiger partial charge in [-0.2, -0.15) is 0 Å². The highest BCUT2D eigenvalue weighted by Gasteiger charge is 2.05. The Morgan fingerprint density at radius 2 is 0.516 bits per heavy atom. The molecule has 0 N–H and O–H groups in total. The average Bonchev–Trinajstić information content (AvgIpc) is 3.77. The zero-order valence-electron chi connectivity index (χ0n) is 56.3. The van der Waals surface area contributed by atoms with Crippen LogP contribution >= 0.6 is 0 Å². The zero-order valence-corrected chi connectivity index (χ0v) is 56.3. The van der Waals surface area contributed by atoms with Gasteiger partial charge in [-0.3, -0.25) is 9.48 Å². The molecule has 28 heteroatoms. The van der Waals surface area contributed by atoms with Gasteiger partial charge in [-0.25, -0.2) is 0 Å². The first kappa shape index (κ1) is 86.9. The van der Waals surface area contributed by atoms with E-state index in [1.54, 1.807) is 6.92 Å². The van der Waals surface area contributed by atoms with Crippen LogP contribution in [-0.4, -0.2) is 331 Å². The fraction of sp³-hybridized carbons (Fsp3) is 0.952. The lowest BCUT2D eigenvalue weighted by Crippen LogP contribution is -2.16. The Labute approximate surface area is 544 Å². The van der Waals surface area contributed by atoms with Crippen LogP contribution in [0.4, 0.5) is 0 Å². The first-order valence-electron chi connectivity index (χ1n) is 33.3. The first-order valence-corrected chi connectivity index (χ1v) is 33.3. The molecule has 0 saturated carbocycles. The quantitative estimate of drug-likeness (QED) is 0.0829. The minimum Gasteiger partial charge on any atom is -0.379 e. The van der Waals surface area contributed by atoms with E-state index in [1.807, 2.05) is 10.9 Å². The van der Waals surface area contributed by atoms with Crippen LogP contribution < -0.4 is 0 Å². The number of unbranched alkanes of at least 4 members (excludes halogenated alkanes) is 3. The normalized spacial score (nSPS) is 11.8. The number of rotatable bonds is 82. The summed E-state index contributed by atoms with van der Waals surface area (Å²) in [6, 6.07) is 0. The molecule has 0 aromatic carbocycles. The van der Waals surface area contributed by atoms with Crippen LogP contribution in [0.1, 0.15) is 71.4 Å². The summed E-state index contributed by atoms with van der Waals surface area (Å²) in [5, 5.41) is 8.34. The smallest absolute Gasteiger partial charge is 0.132 e. The summed E-state index contributed by atoms with van der Waals surface area (Å²) >= 11 is 0. The maximum absolute atomic E-state index is 10.8. The average molecular weight is 1320 g/mol. The summed E-state index contributed by atoms with van der Waals surface area (Å²) in [7, 11) is 0. The predicted molar refractivity (Wildman–Crippen MR) is 336 cm³/mol. The Morgan fingerprint density at radius 3 is 0.747 bits per heavy atom. The molecule has 0 fully saturated rings. The van der Waals surface area contributed by atoms with Gasteiger partial charge in [-0.15, -0.1) is 5.10 Å². The monoisotopic (exact) mass is 1320 g/mol. The molecule has 0 bridgehead atoms. The lowest BCUT2D eigenvalue weighted by molar-refractivity contribution is -0.118. The molecule has 0 aliphatic heterocycles. The maximum Gasteiger partial charge on any atom is 0.132 e. The fourth-order valence-electron chi connectivity index (χ4n) is 7.26. The second-order valence-corrected chi connectivity index (χ2v) is 20.5. The van der Waals surface area contributed by atoms with Crippen molar-refractivity contribution in [2.45, 2.75) is 78.9 Å². The molecule has 1 rings (SSSR count). The van der Waals surface area contributed by atoms with E-state index < -0.39 is 0 Å². The molecule has 91 heavy (non-hydrogen) atoms. The lowest BCUT2D eigenvalue weighted by atomic mass is 10.1. The fourth-order valence-corrected chi connectivity index (χ4v) is 7.26. The predicted octanol–water partition coefficient (Wildman–Crippen LogP) is 4.15. The van der Waals surface area contributed by atoms with Crippen LogP contribution in [0.15, 0.2) is 6.20 Å². The highest BCUT2D eigenvalue weighted by atomic mass is 16.6. The SMILES string of the molecule is CC(=O)CCOCCOCCOCCOCCCCCOCCOCCOCCOCCOCCOCCOCCOCCOCCOCCOCCOCCOCCOCCOCCOCCOCCOCCOCCOCc1cn(CCCCC(C)C)nn1. The second-order valence-electron chi connectivity index (χ2n) is 20.5. The zero-order chi connectivity index (χ0) is 65.0. The molecule has 1 aromatic heterocycles. The van der Waals surface area contributed by atoms with Crippen molar-refractivity contribution < 1.29 is 118 Å². The summed E-state index contributed by atoms with van der Waals surface area (Å²) in [5.41, 5.74) is 0.835. The second kappa shape index (κ2) is 76.9. The number of carbonyl (C=O) groups excluding carboxylic acids is 1. The number of Topliss-reactive ketones (excluding diaryl/α,β-unsaturated/α-hetero) is 1. The number of carbonyl (C=O) groups is 1. The number of hydrogen-bond donors (Lipinski definition) is 0. The van der Waals surface area contributed by atoms with Gasteiger partial charge < -0.3 is 114 Å². The number of aromatic nitrogens is 3. The van der Waals surface area contributed by atoms with Gasteiger partial charge in [-0.05, 0) is 38.5 Å². The molecule has 0 saturated heterocycles. The topological polar surface area (TPSA) is 269 Å². The Bertz CT molecular complexity index is 1540. The molecule has 0 aliphatic rings. The van der Waals surface area contributed by atoms with E-state index >= 15 is 0 Å². The van der Waals surface area contributed by atoms with Gasteiger partial charge in [0.2, 0.25) is 0 Å². The summed E-state index contributed by atoms with van der Waals surface area (Å²) in [5.74, 6) is 0.865. The Hall–Kier alpha value is -2.15. The van der Waals surface area contributed by atoms with Gasteiger partial charge in [0.1, 0.15) is 11.5 Å². The van der Waals surface area contributed by atoms with Gasteiger partial charge >= 0.3 is 0 Å². The molecule has 540 valence electrons. The Kier molecular flexibility index (Phi) is 73.4. The molecule has 0 amide bonds. The number of nitrogens with zero attached hydrogens (tertiary/aromatic N) is 3. The van der Waals surface area contributed by atoms with Crippen LogP contribution in [0.25, 0.3) is 0 Å². The molecule has 0 atom stereocenters. The highest BCUT2D eigenvalue weighted by molar-refractivity contribution is 5.75. The van der Waals surface area contributed by atoms with E-state index in [9.17, 15) is 4.79 Å². The molecule has 28 nitrogen and oxygen atoms in total. The van der Waals surface area contributed by atoms with E-state index in [0.29, 0.717) is 324 Å². The van der Waals surface area contributed by atoms with Gasteiger partial charge in [0.05, 0.1) is 310 Å². The van der Waals surface area contributed by atoms with E-state index in [-0.39, 0.29) is 5.78 Å². The van der Waals surface area contributed by atoms with Crippen molar-refractivity contribution in [1.29, 1.82) is 0 Å². The third kappa shape index (κ3) is 75.1. The number of ketones is 1. The van der Waals surface area contributed by atoms with E-state index in [0.717, 1.165) is 43.8 Å². The highest BCUT2D eigenvalue weighted by Crippen LogP contribution is 2.08. The van der Waals surface area contributed by atoms with Crippen molar-refractivity contribution in [2.24, 2.45) is 5.92 Å². The minimum atomic E-state index is 0.128.